The summed E-state index contributed by atoms with van der Waals surface area (Å²) in [4.78, 5) is 23.0. The number of benzene rings is 1. The van der Waals surface area contributed by atoms with Gasteiger partial charge in [-0.2, -0.15) is 0 Å². The number of sulfonamides is 1. The highest BCUT2D eigenvalue weighted by Crippen LogP contribution is 2.35. The van der Waals surface area contributed by atoms with E-state index in [0.717, 1.165) is 27.8 Å². The molecule has 0 saturated carbocycles. The lowest BCUT2D eigenvalue weighted by Gasteiger charge is -2.25. The van der Waals surface area contributed by atoms with E-state index in [1.165, 1.54) is 23.5 Å². The molecule has 29 heavy (non-hydrogen) atoms. The topological polar surface area (TPSA) is 96.6 Å². The first-order valence-electron chi connectivity index (χ1n) is 9.21. The molecule has 3 rings (SSSR count). The van der Waals surface area contributed by atoms with Gasteiger partial charge < -0.3 is 9.80 Å². The van der Waals surface area contributed by atoms with Crippen LogP contribution in [0.5, 0.6) is 0 Å². The minimum absolute atomic E-state index is 0.0347. The van der Waals surface area contributed by atoms with Gasteiger partial charge in [0.05, 0.1) is 20.5 Å². The van der Waals surface area contributed by atoms with Crippen LogP contribution in [0.1, 0.15) is 42.0 Å². The average Bonchev–Trinajstić information content (AvgIpc) is 3.26. The monoisotopic (exact) mass is 452 g/mol. The van der Waals surface area contributed by atoms with Crippen molar-refractivity contribution in [1.82, 2.24) is 9.88 Å². The number of primary sulfonamides is 1. The second-order valence-corrected chi connectivity index (χ2v) is 10.3. The van der Waals surface area contributed by atoms with Crippen molar-refractivity contribution in [2.45, 2.75) is 31.7 Å². The van der Waals surface area contributed by atoms with Crippen molar-refractivity contribution in [2.24, 2.45) is 5.14 Å². The Kier molecular flexibility index (Phi) is 6.27. The maximum absolute atomic E-state index is 13.0. The first kappa shape index (κ1) is 21.7. The number of nitrogens with two attached hydrogens (primary N) is 1. The van der Waals surface area contributed by atoms with Crippen molar-refractivity contribution < 1.29 is 13.2 Å². The summed E-state index contributed by atoms with van der Waals surface area (Å²) in [5, 5.41) is 6.19. The molecule has 0 saturated heterocycles. The van der Waals surface area contributed by atoms with Crippen LogP contribution in [0.25, 0.3) is 9.53 Å². The molecule has 2 heterocycles. The molecule has 10 heteroatoms. The molecule has 0 radical (unpaired) electrons. The zero-order valence-corrected chi connectivity index (χ0v) is 19.2. The van der Waals surface area contributed by atoms with Gasteiger partial charge in [0.15, 0.2) is 5.13 Å². The van der Waals surface area contributed by atoms with Crippen LogP contribution in [0.15, 0.2) is 35.2 Å². The number of carbonyl (C=O) groups is 1. The van der Waals surface area contributed by atoms with Crippen LogP contribution in [0.4, 0.5) is 5.13 Å². The van der Waals surface area contributed by atoms with Crippen molar-refractivity contribution in [1.29, 1.82) is 0 Å². The molecular formula is C19H24N4O3S3. The lowest BCUT2D eigenvalue weighted by atomic mass is 10.1. The predicted octanol–water partition coefficient (Wildman–Crippen LogP) is 3.68. The van der Waals surface area contributed by atoms with Crippen LogP contribution >= 0.6 is 22.7 Å². The predicted molar refractivity (Wildman–Crippen MR) is 119 cm³/mol. The lowest BCUT2D eigenvalue weighted by molar-refractivity contribution is 0.0747. The number of thiazole rings is 1. The summed E-state index contributed by atoms with van der Waals surface area (Å²) in [6.07, 6.45) is 0. The summed E-state index contributed by atoms with van der Waals surface area (Å²) in [7, 11) is -2.09. The van der Waals surface area contributed by atoms with E-state index in [-0.39, 0.29) is 16.8 Å². The van der Waals surface area contributed by atoms with E-state index >= 15 is 0 Å². The average molecular weight is 453 g/mol. The maximum Gasteiger partial charge on any atom is 0.264 e. The Balaban J connectivity index is 1.83. The molecule has 0 aliphatic rings. The molecule has 0 spiro atoms. The summed E-state index contributed by atoms with van der Waals surface area (Å²) in [5.74, 6) is -0.127. The number of nitrogens with zero attached hydrogens (tertiary/aromatic N) is 3. The molecule has 1 aromatic carbocycles. The van der Waals surface area contributed by atoms with Gasteiger partial charge >= 0.3 is 0 Å². The van der Waals surface area contributed by atoms with Gasteiger partial charge in [0, 0.05) is 20.1 Å². The first-order valence-corrected chi connectivity index (χ1v) is 12.4. The molecule has 2 N–H and O–H groups in total. The minimum Gasteiger partial charge on any atom is -0.349 e. The number of thiophene rings is 1. The number of anilines is 1. The smallest absolute Gasteiger partial charge is 0.264 e. The fourth-order valence-electron chi connectivity index (χ4n) is 2.98. The summed E-state index contributed by atoms with van der Waals surface area (Å²) in [6, 6.07) is 7.94. The van der Waals surface area contributed by atoms with Crippen LogP contribution in [0, 0.1) is 0 Å². The van der Waals surface area contributed by atoms with E-state index in [1.807, 2.05) is 13.0 Å². The Morgan fingerprint density at radius 2 is 1.90 bits per heavy atom. The largest absolute Gasteiger partial charge is 0.349 e. The van der Waals surface area contributed by atoms with Gasteiger partial charge in [0.25, 0.3) is 5.91 Å². The second kappa shape index (κ2) is 8.39. The summed E-state index contributed by atoms with van der Waals surface area (Å²) < 4.78 is 24.2. The highest BCUT2D eigenvalue weighted by atomic mass is 32.2. The Morgan fingerprint density at radius 3 is 2.48 bits per heavy atom. The normalized spacial score (nSPS) is 12.9. The number of aromatic nitrogens is 1. The van der Waals surface area contributed by atoms with Crippen LogP contribution in [-0.2, 0) is 10.0 Å². The minimum atomic E-state index is -3.79. The van der Waals surface area contributed by atoms with Gasteiger partial charge in [0.1, 0.15) is 4.83 Å². The SMILES string of the molecule is CCN(CC)c1nc2sc(C(=O)N(C)C(C)c3cccc(S(N)(=O)=O)c3)cc2s1. The van der Waals surface area contributed by atoms with Crippen LogP contribution in [-0.4, -0.2) is 44.3 Å². The number of hydrogen-bond acceptors (Lipinski definition) is 7. The van der Waals surface area contributed by atoms with E-state index in [1.54, 1.807) is 35.4 Å². The van der Waals surface area contributed by atoms with Gasteiger partial charge in [-0.25, -0.2) is 18.5 Å². The van der Waals surface area contributed by atoms with Gasteiger partial charge in [-0.1, -0.05) is 23.5 Å². The molecule has 1 amide bonds. The van der Waals surface area contributed by atoms with Crippen LogP contribution < -0.4 is 10.0 Å². The third-order valence-corrected chi connectivity index (χ3v) is 8.01. The summed E-state index contributed by atoms with van der Waals surface area (Å²) >= 11 is 2.97. The molecule has 0 bridgehead atoms. The van der Waals surface area contributed by atoms with Gasteiger partial charge in [-0.15, -0.1) is 11.3 Å². The summed E-state index contributed by atoms with van der Waals surface area (Å²) in [5.41, 5.74) is 0.702. The molecule has 0 aliphatic heterocycles. The molecular weight excluding hydrogens is 428 g/mol. The Bertz CT molecular complexity index is 1100. The van der Waals surface area contributed by atoms with E-state index < -0.39 is 10.0 Å². The fourth-order valence-corrected chi connectivity index (χ4v) is 5.87. The molecule has 2 aromatic heterocycles. The Labute approximate surface area is 178 Å². The summed E-state index contributed by atoms with van der Waals surface area (Å²) in [6.45, 7) is 7.82. The van der Waals surface area contributed by atoms with E-state index in [0.29, 0.717) is 10.4 Å². The quantitative estimate of drug-likeness (QED) is 0.590. The molecule has 156 valence electrons. The maximum atomic E-state index is 13.0. The van der Waals surface area contributed by atoms with Crippen molar-refractivity contribution in [2.75, 3.05) is 25.0 Å². The van der Waals surface area contributed by atoms with Crippen molar-refractivity contribution in [3.63, 3.8) is 0 Å². The van der Waals surface area contributed by atoms with Crippen molar-refractivity contribution in [3.8, 4) is 0 Å². The third-order valence-electron chi connectivity index (χ3n) is 4.89. The number of amides is 1. The number of rotatable bonds is 7. The van der Waals surface area contributed by atoms with Crippen LogP contribution in [0.2, 0.25) is 0 Å². The first-order chi connectivity index (χ1) is 13.7. The lowest BCUT2D eigenvalue weighted by Crippen LogP contribution is -2.29. The second-order valence-electron chi connectivity index (χ2n) is 6.66. The van der Waals surface area contributed by atoms with Gasteiger partial charge in [0.2, 0.25) is 10.0 Å². The molecule has 1 atom stereocenters. The van der Waals surface area contributed by atoms with Crippen molar-refractivity contribution >= 4 is 53.3 Å². The Hall–Kier alpha value is -2.01. The molecule has 3 aromatic rings. The number of hydrogen-bond donors (Lipinski definition) is 1. The zero-order chi connectivity index (χ0) is 21.3. The standard InChI is InChI=1S/C19H24N4O3S3/c1-5-23(6-2)19-21-17-15(28-19)11-16(27-17)18(24)22(4)12(3)13-8-7-9-14(10-13)29(20,25)26/h7-12H,5-6H2,1-4H3,(H2,20,25,26). The van der Waals surface area contributed by atoms with Gasteiger partial charge in [-0.3, -0.25) is 4.79 Å². The van der Waals surface area contributed by atoms with E-state index in [9.17, 15) is 13.2 Å². The molecule has 7 nitrogen and oxygen atoms in total. The van der Waals surface area contributed by atoms with E-state index in [4.69, 9.17) is 5.14 Å². The number of fused-ring (bicyclic) bond motifs is 1. The van der Waals surface area contributed by atoms with Gasteiger partial charge in [-0.05, 0) is 44.5 Å². The molecule has 1 unspecified atom stereocenters. The zero-order valence-electron chi connectivity index (χ0n) is 16.7. The van der Waals surface area contributed by atoms with Crippen molar-refractivity contribution in [3.05, 3.63) is 40.8 Å². The van der Waals surface area contributed by atoms with E-state index in [2.05, 4.69) is 23.7 Å². The fraction of sp³-hybridized carbons (Fsp3) is 0.368. The Morgan fingerprint density at radius 1 is 1.21 bits per heavy atom. The van der Waals surface area contributed by atoms with Crippen LogP contribution in [0.3, 0.4) is 0 Å². The molecule has 0 aliphatic carbocycles. The highest BCUT2D eigenvalue weighted by Gasteiger charge is 2.23. The molecule has 0 fully saturated rings. The highest BCUT2D eigenvalue weighted by molar-refractivity contribution is 7.89. The third kappa shape index (κ3) is 4.45. The number of carbonyl (C=O) groups excluding carboxylic acids is 1.